The number of amides is 1. The van der Waals surface area contributed by atoms with Gasteiger partial charge in [0.05, 0.1) is 6.26 Å². The average Bonchev–Trinajstić information content (AvgIpc) is 2.27. The second-order valence-corrected chi connectivity index (χ2v) is 5.87. The Bertz CT molecular complexity index is 509. The third-order valence-electron chi connectivity index (χ3n) is 2.40. The standard InChI is InChI=1S/C12H18N2O3S/c1-4-5-12(15)14(2)11-8-6-10(7-9-11)13-18(3,16)17/h6-9,13H,4-5H2,1-3H3. The van der Waals surface area contributed by atoms with Crippen molar-refractivity contribution in [3.05, 3.63) is 24.3 Å². The maximum atomic E-state index is 11.7. The molecule has 18 heavy (non-hydrogen) atoms. The van der Waals surface area contributed by atoms with Gasteiger partial charge in [0.1, 0.15) is 0 Å². The fraction of sp³-hybridized carbons (Fsp3) is 0.417. The highest BCUT2D eigenvalue weighted by Crippen LogP contribution is 2.18. The molecule has 0 atom stereocenters. The molecule has 1 rings (SSSR count). The summed E-state index contributed by atoms with van der Waals surface area (Å²) in [5.41, 5.74) is 1.23. The van der Waals surface area contributed by atoms with Crippen LogP contribution in [0.3, 0.4) is 0 Å². The summed E-state index contributed by atoms with van der Waals surface area (Å²) in [6.07, 6.45) is 2.40. The van der Waals surface area contributed by atoms with Crippen LogP contribution in [0.1, 0.15) is 19.8 Å². The first-order valence-corrected chi connectivity index (χ1v) is 7.57. The molecule has 0 saturated heterocycles. The average molecular weight is 270 g/mol. The summed E-state index contributed by atoms with van der Waals surface area (Å²) in [7, 11) is -1.56. The summed E-state index contributed by atoms with van der Waals surface area (Å²) < 4.78 is 24.4. The molecule has 6 heteroatoms. The van der Waals surface area contributed by atoms with Crippen LogP contribution >= 0.6 is 0 Å². The molecule has 0 saturated carbocycles. The SMILES string of the molecule is CCCC(=O)N(C)c1ccc(NS(C)(=O)=O)cc1. The number of carbonyl (C=O) groups excluding carboxylic acids is 1. The molecule has 5 nitrogen and oxygen atoms in total. The smallest absolute Gasteiger partial charge is 0.229 e. The van der Waals surface area contributed by atoms with Crippen LogP contribution in [0.2, 0.25) is 0 Å². The lowest BCUT2D eigenvalue weighted by atomic mass is 10.2. The Balaban J connectivity index is 2.79. The van der Waals surface area contributed by atoms with Gasteiger partial charge < -0.3 is 4.90 Å². The number of nitrogens with one attached hydrogen (secondary N) is 1. The number of sulfonamides is 1. The van der Waals surface area contributed by atoms with Crippen LogP contribution in [0.5, 0.6) is 0 Å². The Morgan fingerprint density at radius 2 is 1.83 bits per heavy atom. The molecule has 0 aromatic heterocycles. The van der Waals surface area contributed by atoms with E-state index >= 15 is 0 Å². The molecule has 0 heterocycles. The number of rotatable bonds is 5. The second-order valence-electron chi connectivity index (χ2n) is 4.12. The molecule has 0 fully saturated rings. The molecule has 0 aliphatic heterocycles. The van der Waals surface area contributed by atoms with E-state index in [1.54, 1.807) is 36.2 Å². The summed E-state index contributed by atoms with van der Waals surface area (Å²) in [5, 5.41) is 0. The molecule has 0 aliphatic carbocycles. The zero-order valence-electron chi connectivity index (χ0n) is 10.8. The van der Waals surface area contributed by atoms with Gasteiger partial charge >= 0.3 is 0 Å². The molecule has 1 amide bonds. The predicted molar refractivity (Wildman–Crippen MR) is 73.2 cm³/mol. The van der Waals surface area contributed by atoms with Crippen LogP contribution in [0, 0.1) is 0 Å². The fourth-order valence-electron chi connectivity index (χ4n) is 1.49. The van der Waals surface area contributed by atoms with E-state index in [1.807, 2.05) is 6.92 Å². The number of nitrogens with zero attached hydrogens (tertiary/aromatic N) is 1. The van der Waals surface area contributed by atoms with Crippen molar-refractivity contribution in [2.75, 3.05) is 22.9 Å². The maximum absolute atomic E-state index is 11.7. The number of hydrogen-bond donors (Lipinski definition) is 1. The lowest BCUT2D eigenvalue weighted by Crippen LogP contribution is -2.25. The molecule has 0 spiro atoms. The first-order valence-electron chi connectivity index (χ1n) is 5.68. The third-order valence-corrected chi connectivity index (χ3v) is 3.00. The summed E-state index contributed by atoms with van der Waals surface area (Å²) >= 11 is 0. The van der Waals surface area contributed by atoms with Crippen molar-refractivity contribution in [1.82, 2.24) is 0 Å². The van der Waals surface area contributed by atoms with Gasteiger partial charge in [-0.05, 0) is 30.7 Å². The van der Waals surface area contributed by atoms with E-state index in [4.69, 9.17) is 0 Å². The van der Waals surface area contributed by atoms with Gasteiger partial charge in [-0.1, -0.05) is 6.92 Å². The van der Waals surface area contributed by atoms with E-state index < -0.39 is 10.0 Å². The summed E-state index contributed by atoms with van der Waals surface area (Å²) in [5.74, 6) is 0.0429. The van der Waals surface area contributed by atoms with Gasteiger partial charge in [0.25, 0.3) is 0 Å². The van der Waals surface area contributed by atoms with E-state index in [0.29, 0.717) is 12.1 Å². The predicted octanol–water partition coefficient (Wildman–Crippen LogP) is 1.82. The minimum atomic E-state index is -3.27. The lowest BCUT2D eigenvalue weighted by Gasteiger charge is -2.17. The Kier molecular flexibility index (Phi) is 4.72. The number of benzene rings is 1. The van der Waals surface area contributed by atoms with Gasteiger partial charge in [0.15, 0.2) is 0 Å². The van der Waals surface area contributed by atoms with Crippen LogP contribution in [0.4, 0.5) is 11.4 Å². The van der Waals surface area contributed by atoms with Gasteiger partial charge in [-0.3, -0.25) is 9.52 Å². The Morgan fingerprint density at radius 1 is 1.28 bits per heavy atom. The largest absolute Gasteiger partial charge is 0.316 e. The molecule has 0 radical (unpaired) electrons. The van der Waals surface area contributed by atoms with Crippen molar-refractivity contribution < 1.29 is 13.2 Å². The van der Waals surface area contributed by atoms with Gasteiger partial charge in [0.2, 0.25) is 15.9 Å². The molecule has 0 aliphatic rings. The van der Waals surface area contributed by atoms with Crippen molar-refractivity contribution in [3.63, 3.8) is 0 Å². The third kappa shape index (κ3) is 4.37. The number of hydrogen-bond acceptors (Lipinski definition) is 3. The normalized spacial score (nSPS) is 11.1. The monoisotopic (exact) mass is 270 g/mol. The van der Waals surface area contributed by atoms with E-state index in [-0.39, 0.29) is 5.91 Å². The van der Waals surface area contributed by atoms with Crippen molar-refractivity contribution in [2.24, 2.45) is 0 Å². The molecular weight excluding hydrogens is 252 g/mol. The molecule has 0 unspecified atom stereocenters. The fourth-order valence-corrected chi connectivity index (χ4v) is 2.06. The zero-order valence-corrected chi connectivity index (χ0v) is 11.6. The topological polar surface area (TPSA) is 66.5 Å². The van der Waals surface area contributed by atoms with Crippen LogP contribution in [0.15, 0.2) is 24.3 Å². The Hall–Kier alpha value is -1.56. The minimum absolute atomic E-state index is 0.0429. The molecule has 100 valence electrons. The summed E-state index contributed by atoms with van der Waals surface area (Å²) in [6.45, 7) is 1.95. The van der Waals surface area contributed by atoms with E-state index in [9.17, 15) is 13.2 Å². The highest BCUT2D eigenvalue weighted by Gasteiger charge is 2.09. The van der Waals surface area contributed by atoms with E-state index in [0.717, 1.165) is 18.4 Å². The van der Waals surface area contributed by atoms with E-state index in [1.165, 1.54) is 0 Å². The first-order chi connectivity index (χ1) is 8.33. The van der Waals surface area contributed by atoms with E-state index in [2.05, 4.69) is 4.72 Å². The maximum Gasteiger partial charge on any atom is 0.229 e. The highest BCUT2D eigenvalue weighted by molar-refractivity contribution is 7.92. The zero-order chi connectivity index (χ0) is 13.8. The summed E-state index contributed by atoms with van der Waals surface area (Å²) in [4.78, 5) is 13.2. The molecular formula is C12H18N2O3S. The number of carbonyl (C=O) groups is 1. The first kappa shape index (κ1) is 14.5. The van der Waals surface area contributed by atoms with Gasteiger partial charge in [-0.2, -0.15) is 0 Å². The molecule has 1 N–H and O–H groups in total. The van der Waals surface area contributed by atoms with Crippen LogP contribution < -0.4 is 9.62 Å². The van der Waals surface area contributed by atoms with Gasteiger partial charge in [-0.15, -0.1) is 0 Å². The second kappa shape index (κ2) is 5.86. The van der Waals surface area contributed by atoms with Crippen LogP contribution in [0.25, 0.3) is 0 Å². The Morgan fingerprint density at radius 3 is 2.28 bits per heavy atom. The van der Waals surface area contributed by atoms with Crippen LogP contribution in [-0.2, 0) is 14.8 Å². The van der Waals surface area contributed by atoms with Gasteiger partial charge in [0, 0.05) is 24.8 Å². The Labute approximate surface area is 108 Å². The quantitative estimate of drug-likeness (QED) is 0.887. The van der Waals surface area contributed by atoms with Crippen molar-refractivity contribution in [2.45, 2.75) is 19.8 Å². The van der Waals surface area contributed by atoms with Crippen molar-refractivity contribution in [1.29, 1.82) is 0 Å². The summed E-state index contributed by atoms with van der Waals surface area (Å²) in [6, 6.07) is 6.68. The molecule has 0 bridgehead atoms. The van der Waals surface area contributed by atoms with Gasteiger partial charge in [-0.25, -0.2) is 8.42 Å². The van der Waals surface area contributed by atoms with Crippen LogP contribution in [-0.4, -0.2) is 27.6 Å². The van der Waals surface area contributed by atoms with Crippen molar-refractivity contribution >= 4 is 27.3 Å². The highest BCUT2D eigenvalue weighted by atomic mass is 32.2. The van der Waals surface area contributed by atoms with Crippen molar-refractivity contribution in [3.8, 4) is 0 Å². The minimum Gasteiger partial charge on any atom is -0.316 e. The molecule has 1 aromatic rings. The lowest BCUT2D eigenvalue weighted by molar-refractivity contribution is -0.118. The number of anilines is 2. The molecule has 1 aromatic carbocycles.